The van der Waals surface area contributed by atoms with Gasteiger partial charge in [0.1, 0.15) is 11.6 Å². The lowest BCUT2D eigenvalue weighted by molar-refractivity contribution is -0.135. The predicted molar refractivity (Wildman–Crippen MR) is 105 cm³/mol. The normalized spacial score (nSPS) is 14.8. The summed E-state index contributed by atoms with van der Waals surface area (Å²) in [4.78, 5) is 28.4. The Kier molecular flexibility index (Phi) is 6.41. The number of Topliss-reactive ketones (excluding diaryl/α,β-unsaturated/α-hetero) is 1. The number of benzene rings is 2. The number of ether oxygens (including phenoxy) is 1. The van der Waals surface area contributed by atoms with E-state index >= 15 is 0 Å². The minimum atomic E-state index is -0.355. The molecule has 0 atom stereocenters. The smallest absolute Gasteiger partial charge is 0.260 e. The minimum Gasteiger partial charge on any atom is -0.484 e. The first kappa shape index (κ1) is 20.0. The zero-order valence-corrected chi connectivity index (χ0v) is 16.3. The van der Waals surface area contributed by atoms with Gasteiger partial charge in [-0.05, 0) is 61.4 Å². The molecule has 1 amide bonds. The van der Waals surface area contributed by atoms with E-state index in [-0.39, 0.29) is 30.7 Å². The Bertz CT molecular complexity index is 843. The number of piperazine rings is 1. The fraction of sp³-hybridized carbons (Fsp3) is 0.364. The first-order valence-corrected chi connectivity index (χ1v) is 9.41. The summed E-state index contributed by atoms with van der Waals surface area (Å²) in [7, 11) is 0. The van der Waals surface area contributed by atoms with Gasteiger partial charge in [0.15, 0.2) is 12.4 Å². The highest BCUT2D eigenvalue weighted by Gasteiger charge is 2.23. The molecule has 5 nitrogen and oxygen atoms in total. The van der Waals surface area contributed by atoms with Crippen LogP contribution in [0.15, 0.2) is 42.5 Å². The van der Waals surface area contributed by atoms with Crippen molar-refractivity contribution in [1.82, 2.24) is 9.80 Å². The number of ketones is 1. The molecule has 1 fully saturated rings. The molecule has 1 aliphatic rings. The molecule has 0 radical (unpaired) electrons. The standard InChI is InChI=1S/C22H25FN2O3/c1-16-3-8-20(13-17(16)2)28-15-22(27)25-11-9-24(10-12-25)14-21(26)18-4-6-19(23)7-5-18/h3-8,13H,9-12,14-15H2,1-2H3. The molecule has 0 bridgehead atoms. The lowest BCUT2D eigenvalue weighted by Crippen LogP contribution is -2.51. The Morgan fingerprint density at radius 3 is 2.29 bits per heavy atom. The molecule has 0 N–H and O–H groups in total. The molecule has 2 aromatic carbocycles. The number of hydrogen-bond acceptors (Lipinski definition) is 4. The van der Waals surface area contributed by atoms with E-state index in [1.165, 1.54) is 29.8 Å². The summed E-state index contributed by atoms with van der Waals surface area (Å²) in [5.74, 6) is 0.243. The highest BCUT2D eigenvalue weighted by molar-refractivity contribution is 5.97. The molecule has 1 heterocycles. The highest BCUT2D eigenvalue weighted by Crippen LogP contribution is 2.16. The molecule has 6 heteroatoms. The Labute approximate surface area is 164 Å². The van der Waals surface area contributed by atoms with Gasteiger partial charge in [-0.15, -0.1) is 0 Å². The van der Waals surface area contributed by atoms with Gasteiger partial charge in [-0.25, -0.2) is 4.39 Å². The molecule has 1 saturated heterocycles. The van der Waals surface area contributed by atoms with Gasteiger partial charge in [0, 0.05) is 31.7 Å². The van der Waals surface area contributed by atoms with Crippen LogP contribution in [0.4, 0.5) is 4.39 Å². The van der Waals surface area contributed by atoms with Gasteiger partial charge in [0.05, 0.1) is 6.54 Å². The van der Waals surface area contributed by atoms with E-state index in [0.29, 0.717) is 37.5 Å². The summed E-state index contributed by atoms with van der Waals surface area (Å²) in [5, 5.41) is 0. The molecule has 3 rings (SSSR count). The third-order valence-corrected chi connectivity index (χ3v) is 5.10. The van der Waals surface area contributed by atoms with Crippen LogP contribution in [0.1, 0.15) is 21.5 Å². The lowest BCUT2D eigenvalue weighted by atomic mass is 10.1. The van der Waals surface area contributed by atoms with Crippen LogP contribution in [0.2, 0.25) is 0 Å². The van der Waals surface area contributed by atoms with Crippen LogP contribution in [0.25, 0.3) is 0 Å². The first-order valence-electron chi connectivity index (χ1n) is 9.41. The monoisotopic (exact) mass is 384 g/mol. The molecule has 0 spiro atoms. The number of amides is 1. The van der Waals surface area contributed by atoms with Crippen molar-refractivity contribution < 1.29 is 18.7 Å². The molecule has 148 valence electrons. The Morgan fingerprint density at radius 2 is 1.64 bits per heavy atom. The second-order valence-electron chi connectivity index (χ2n) is 7.12. The average Bonchev–Trinajstić information content (AvgIpc) is 2.69. The van der Waals surface area contributed by atoms with Crippen molar-refractivity contribution >= 4 is 11.7 Å². The topological polar surface area (TPSA) is 49.9 Å². The van der Waals surface area contributed by atoms with E-state index < -0.39 is 0 Å². The van der Waals surface area contributed by atoms with Crippen molar-refractivity contribution in [2.45, 2.75) is 13.8 Å². The van der Waals surface area contributed by atoms with Crippen molar-refractivity contribution in [3.63, 3.8) is 0 Å². The maximum atomic E-state index is 13.0. The van der Waals surface area contributed by atoms with E-state index in [4.69, 9.17) is 4.74 Å². The van der Waals surface area contributed by atoms with Gasteiger partial charge in [0.25, 0.3) is 5.91 Å². The van der Waals surface area contributed by atoms with Crippen molar-refractivity contribution in [1.29, 1.82) is 0 Å². The van der Waals surface area contributed by atoms with Gasteiger partial charge in [-0.3, -0.25) is 14.5 Å². The molecular weight excluding hydrogens is 359 g/mol. The SMILES string of the molecule is Cc1ccc(OCC(=O)N2CCN(CC(=O)c3ccc(F)cc3)CC2)cc1C. The second kappa shape index (κ2) is 8.97. The molecule has 0 aromatic heterocycles. The van der Waals surface area contributed by atoms with E-state index in [2.05, 4.69) is 0 Å². The summed E-state index contributed by atoms with van der Waals surface area (Å²) in [5.41, 5.74) is 2.82. The summed E-state index contributed by atoms with van der Waals surface area (Å²) < 4.78 is 18.6. The Balaban J connectivity index is 1.44. The van der Waals surface area contributed by atoms with Crippen LogP contribution >= 0.6 is 0 Å². The number of rotatable bonds is 6. The second-order valence-corrected chi connectivity index (χ2v) is 7.12. The maximum absolute atomic E-state index is 13.0. The molecule has 0 saturated carbocycles. The van der Waals surface area contributed by atoms with Crippen LogP contribution in [-0.4, -0.2) is 60.8 Å². The number of carbonyl (C=O) groups is 2. The van der Waals surface area contributed by atoms with Gasteiger partial charge >= 0.3 is 0 Å². The van der Waals surface area contributed by atoms with Crippen molar-refractivity contribution in [3.05, 3.63) is 65.0 Å². The molecular formula is C22H25FN2O3. The minimum absolute atomic E-state index is 0.0109. The third-order valence-electron chi connectivity index (χ3n) is 5.10. The van der Waals surface area contributed by atoms with Crippen molar-refractivity contribution in [2.75, 3.05) is 39.3 Å². The molecule has 0 unspecified atom stereocenters. The van der Waals surface area contributed by atoms with Crippen LogP contribution in [0.3, 0.4) is 0 Å². The fourth-order valence-corrected chi connectivity index (χ4v) is 3.13. The Hall–Kier alpha value is -2.73. The summed E-state index contributed by atoms with van der Waals surface area (Å²) in [6.45, 7) is 6.70. The Morgan fingerprint density at radius 1 is 0.964 bits per heavy atom. The van der Waals surface area contributed by atoms with Crippen molar-refractivity contribution in [3.8, 4) is 5.75 Å². The van der Waals surface area contributed by atoms with E-state index in [0.717, 1.165) is 5.56 Å². The maximum Gasteiger partial charge on any atom is 0.260 e. The van der Waals surface area contributed by atoms with Crippen molar-refractivity contribution in [2.24, 2.45) is 0 Å². The number of halogens is 1. The number of hydrogen-bond donors (Lipinski definition) is 0. The first-order chi connectivity index (χ1) is 13.4. The quantitative estimate of drug-likeness (QED) is 0.719. The van der Waals surface area contributed by atoms with Crippen LogP contribution < -0.4 is 4.74 Å². The number of carbonyl (C=O) groups excluding carboxylic acids is 2. The van der Waals surface area contributed by atoms with E-state index in [1.54, 1.807) is 4.90 Å². The summed E-state index contributed by atoms with van der Waals surface area (Å²) in [6.07, 6.45) is 0. The average molecular weight is 384 g/mol. The lowest BCUT2D eigenvalue weighted by Gasteiger charge is -2.34. The van der Waals surface area contributed by atoms with Gasteiger partial charge in [-0.2, -0.15) is 0 Å². The van der Waals surface area contributed by atoms with Crippen LogP contribution in [0.5, 0.6) is 5.75 Å². The van der Waals surface area contributed by atoms with Gasteiger partial charge in [-0.1, -0.05) is 6.07 Å². The largest absolute Gasteiger partial charge is 0.484 e. The third kappa shape index (κ3) is 5.16. The summed E-state index contributed by atoms with van der Waals surface area (Å²) >= 11 is 0. The van der Waals surface area contributed by atoms with Gasteiger partial charge < -0.3 is 9.64 Å². The van der Waals surface area contributed by atoms with Crippen LogP contribution in [0, 0.1) is 19.7 Å². The zero-order valence-electron chi connectivity index (χ0n) is 16.3. The summed E-state index contributed by atoms with van der Waals surface area (Å²) in [6, 6.07) is 11.4. The zero-order chi connectivity index (χ0) is 20.1. The molecule has 1 aliphatic heterocycles. The molecule has 28 heavy (non-hydrogen) atoms. The number of nitrogens with zero attached hydrogens (tertiary/aromatic N) is 2. The van der Waals surface area contributed by atoms with Gasteiger partial charge in [0.2, 0.25) is 0 Å². The van der Waals surface area contributed by atoms with Crippen LogP contribution in [-0.2, 0) is 4.79 Å². The van der Waals surface area contributed by atoms with E-state index in [9.17, 15) is 14.0 Å². The molecule has 2 aromatic rings. The highest BCUT2D eigenvalue weighted by atomic mass is 19.1. The number of aryl methyl sites for hydroxylation is 2. The fourth-order valence-electron chi connectivity index (χ4n) is 3.13. The van der Waals surface area contributed by atoms with E-state index in [1.807, 2.05) is 36.9 Å². The molecule has 0 aliphatic carbocycles. The predicted octanol–water partition coefficient (Wildman–Crippen LogP) is 2.85.